The van der Waals surface area contributed by atoms with E-state index >= 15 is 0 Å². The van der Waals surface area contributed by atoms with Crippen LogP contribution < -0.4 is 5.32 Å². The minimum Gasteiger partial charge on any atom is -0.352 e. The lowest BCUT2D eigenvalue weighted by Gasteiger charge is -2.08. The van der Waals surface area contributed by atoms with E-state index in [1.165, 1.54) is 0 Å². The van der Waals surface area contributed by atoms with E-state index in [9.17, 15) is 26.7 Å². The summed E-state index contributed by atoms with van der Waals surface area (Å²) in [6.07, 6.45) is 5.56. The molecule has 0 aliphatic heterocycles. The molecule has 1 aromatic rings. The van der Waals surface area contributed by atoms with Gasteiger partial charge in [-0.3, -0.25) is 4.79 Å². The smallest absolute Gasteiger partial charge is 0.257 e. The normalized spacial score (nSPS) is 10.1. The summed E-state index contributed by atoms with van der Waals surface area (Å²) in [5.74, 6) is -10.1. The molecule has 1 amide bonds. The SMILES string of the molecule is C#CCCCNC(=O)c1c(F)c(F)c(F)c(F)c1F. The Balaban J connectivity index is 3.01. The second kappa shape index (κ2) is 6.18. The summed E-state index contributed by atoms with van der Waals surface area (Å²) in [6.45, 7) is -0.0392. The maximum absolute atomic E-state index is 13.2. The molecule has 0 aliphatic carbocycles. The Labute approximate surface area is 105 Å². The number of hydrogen-bond acceptors (Lipinski definition) is 1. The molecule has 0 aliphatic rings. The Morgan fingerprint density at radius 2 is 1.47 bits per heavy atom. The number of terminal acetylenes is 1. The molecule has 1 aromatic carbocycles. The van der Waals surface area contributed by atoms with E-state index in [0.717, 1.165) is 0 Å². The van der Waals surface area contributed by atoms with Crippen molar-refractivity contribution in [1.29, 1.82) is 0 Å². The predicted molar refractivity (Wildman–Crippen MR) is 56.6 cm³/mol. The van der Waals surface area contributed by atoms with Gasteiger partial charge in [0, 0.05) is 13.0 Å². The molecular formula is C12H8F5NO. The number of benzene rings is 1. The van der Waals surface area contributed by atoms with Crippen LogP contribution in [0.5, 0.6) is 0 Å². The lowest BCUT2D eigenvalue weighted by Crippen LogP contribution is -2.27. The van der Waals surface area contributed by atoms with Crippen LogP contribution in [0.15, 0.2) is 0 Å². The summed E-state index contributed by atoms with van der Waals surface area (Å²) in [5.41, 5.74) is -1.50. The van der Waals surface area contributed by atoms with Gasteiger partial charge in [0.05, 0.1) is 0 Å². The molecule has 2 nitrogen and oxygen atoms in total. The first-order valence-corrected chi connectivity index (χ1v) is 5.14. The first-order valence-electron chi connectivity index (χ1n) is 5.14. The molecule has 0 bridgehead atoms. The largest absolute Gasteiger partial charge is 0.352 e. The molecule has 0 spiro atoms. The van der Waals surface area contributed by atoms with Crippen molar-refractivity contribution in [3.05, 3.63) is 34.6 Å². The third-order valence-electron chi connectivity index (χ3n) is 2.22. The van der Waals surface area contributed by atoms with Gasteiger partial charge in [0.15, 0.2) is 23.3 Å². The Hall–Kier alpha value is -2.10. The van der Waals surface area contributed by atoms with Gasteiger partial charge in [0.25, 0.3) is 5.91 Å². The molecule has 19 heavy (non-hydrogen) atoms. The standard InChI is InChI=1S/C12H8F5NO/c1-2-3-4-5-18-12(19)6-7(13)9(15)11(17)10(16)8(6)14/h1H,3-5H2,(H,18,19). The first kappa shape index (κ1) is 15.0. The predicted octanol–water partition coefficient (Wildman–Crippen LogP) is 2.53. The molecule has 0 aromatic heterocycles. The van der Waals surface area contributed by atoms with Gasteiger partial charge < -0.3 is 5.32 Å². The summed E-state index contributed by atoms with van der Waals surface area (Å²) < 4.78 is 64.8. The fourth-order valence-corrected chi connectivity index (χ4v) is 1.29. The fourth-order valence-electron chi connectivity index (χ4n) is 1.29. The number of hydrogen-bond donors (Lipinski definition) is 1. The molecule has 0 saturated heterocycles. The summed E-state index contributed by atoms with van der Waals surface area (Å²) in [6, 6.07) is 0. The Kier molecular flexibility index (Phi) is 4.87. The van der Waals surface area contributed by atoms with Crippen LogP contribution in [-0.2, 0) is 0 Å². The Morgan fingerprint density at radius 1 is 1.00 bits per heavy atom. The zero-order valence-electron chi connectivity index (χ0n) is 9.50. The van der Waals surface area contributed by atoms with Crippen molar-refractivity contribution in [1.82, 2.24) is 5.32 Å². The second-order valence-electron chi connectivity index (χ2n) is 3.51. The van der Waals surface area contributed by atoms with Gasteiger partial charge in [-0.05, 0) is 6.42 Å². The topological polar surface area (TPSA) is 29.1 Å². The van der Waals surface area contributed by atoms with Gasteiger partial charge in [0.1, 0.15) is 5.56 Å². The van der Waals surface area contributed by atoms with Gasteiger partial charge in [-0.25, -0.2) is 22.0 Å². The van der Waals surface area contributed by atoms with Gasteiger partial charge >= 0.3 is 0 Å². The molecule has 102 valence electrons. The third-order valence-corrected chi connectivity index (χ3v) is 2.22. The fraction of sp³-hybridized carbons (Fsp3) is 0.250. The molecule has 0 heterocycles. The number of unbranched alkanes of at least 4 members (excludes halogenated alkanes) is 1. The monoisotopic (exact) mass is 277 g/mol. The zero-order chi connectivity index (χ0) is 14.6. The van der Waals surface area contributed by atoms with Gasteiger partial charge in [0.2, 0.25) is 5.82 Å². The minimum absolute atomic E-state index is 0.0392. The summed E-state index contributed by atoms with van der Waals surface area (Å²) >= 11 is 0. The lowest BCUT2D eigenvalue weighted by atomic mass is 10.1. The van der Waals surface area contributed by atoms with Crippen LogP contribution in [0.2, 0.25) is 0 Å². The van der Waals surface area contributed by atoms with Crippen molar-refractivity contribution in [3.8, 4) is 12.3 Å². The van der Waals surface area contributed by atoms with Crippen molar-refractivity contribution in [2.45, 2.75) is 12.8 Å². The molecular weight excluding hydrogens is 269 g/mol. The molecule has 7 heteroatoms. The van der Waals surface area contributed by atoms with E-state index in [-0.39, 0.29) is 6.54 Å². The van der Waals surface area contributed by atoms with Crippen molar-refractivity contribution in [2.24, 2.45) is 0 Å². The van der Waals surface area contributed by atoms with Crippen molar-refractivity contribution in [3.63, 3.8) is 0 Å². The lowest BCUT2D eigenvalue weighted by molar-refractivity contribution is 0.0941. The molecule has 0 atom stereocenters. The average Bonchev–Trinajstić information content (AvgIpc) is 2.39. The van der Waals surface area contributed by atoms with Crippen LogP contribution in [0.4, 0.5) is 22.0 Å². The van der Waals surface area contributed by atoms with E-state index in [4.69, 9.17) is 6.42 Å². The summed E-state index contributed by atoms with van der Waals surface area (Å²) in [5, 5.41) is 2.02. The number of carbonyl (C=O) groups excluding carboxylic acids is 1. The number of amides is 1. The van der Waals surface area contributed by atoms with Crippen molar-refractivity contribution in [2.75, 3.05) is 6.54 Å². The van der Waals surface area contributed by atoms with E-state index in [0.29, 0.717) is 12.8 Å². The number of nitrogens with one attached hydrogen (secondary N) is 1. The quantitative estimate of drug-likeness (QED) is 0.296. The highest BCUT2D eigenvalue weighted by Gasteiger charge is 2.29. The van der Waals surface area contributed by atoms with E-state index < -0.39 is 40.6 Å². The van der Waals surface area contributed by atoms with Crippen molar-refractivity contribution >= 4 is 5.91 Å². The zero-order valence-corrected chi connectivity index (χ0v) is 9.50. The highest BCUT2D eigenvalue weighted by Crippen LogP contribution is 2.22. The van der Waals surface area contributed by atoms with Crippen LogP contribution in [0.3, 0.4) is 0 Å². The minimum atomic E-state index is -2.31. The van der Waals surface area contributed by atoms with Gasteiger partial charge in [-0.15, -0.1) is 12.3 Å². The van der Waals surface area contributed by atoms with Crippen LogP contribution in [0, 0.1) is 41.4 Å². The van der Waals surface area contributed by atoms with Crippen LogP contribution in [-0.4, -0.2) is 12.5 Å². The number of halogens is 5. The van der Waals surface area contributed by atoms with Gasteiger partial charge in [-0.1, -0.05) is 0 Å². The molecule has 0 unspecified atom stereocenters. The third kappa shape index (κ3) is 3.02. The molecule has 0 fully saturated rings. The molecule has 1 N–H and O–H groups in total. The maximum Gasteiger partial charge on any atom is 0.257 e. The molecule has 0 radical (unpaired) electrons. The number of rotatable bonds is 4. The summed E-state index contributed by atoms with van der Waals surface area (Å²) in [4.78, 5) is 11.4. The van der Waals surface area contributed by atoms with E-state index in [1.54, 1.807) is 0 Å². The van der Waals surface area contributed by atoms with E-state index in [2.05, 4.69) is 5.92 Å². The van der Waals surface area contributed by atoms with Crippen LogP contribution in [0.25, 0.3) is 0 Å². The Morgan fingerprint density at radius 3 is 1.95 bits per heavy atom. The number of carbonyl (C=O) groups is 1. The van der Waals surface area contributed by atoms with Crippen molar-refractivity contribution < 1.29 is 26.7 Å². The van der Waals surface area contributed by atoms with E-state index in [1.807, 2.05) is 5.32 Å². The summed E-state index contributed by atoms with van der Waals surface area (Å²) in [7, 11) is 0. The average molecular weight is 277 g/mol. The maximum atomic E-state index is 13.2. The van der Waals surface area contributed by atoms with Gasteiger partial charge in [-0.2, -0.15) is 0 Å². The molecule has 1 rings (SSSR count). The Bertz CT molecular complexity index is 521. The second-order valence-corrected chi connectivity index (χ2v) is 3.51. The van der Waals surface area contributed by atoms with Crippen LogP contribution in [0.1, 0.15) is 23.2 Å². The van der Waals surface area contributed by atoms with Crippen LogP contribution >= 0.6 is 0 Å². The first-order chi connectivity index (χ1) is 8.91. The highest BCUT2D eigenvalue weighted by atomic mass is 19.2. The molecule has 0 saturated carbocycles. The highest BCUT2D eigenvalue weighted by molar-refractivity contribution is 5.94.